The number of unbranched alkanes of at least 4 members (excludes halogenated alkanes) is 7. The maximum atomic E-state index is 11.8. The van der Waals surface area contributed by atoms with Crippen molar-refractivity contribution in [2.24, 2.45) is 5.92 Å². The lowest BCUT2D eigenvalue weighted by atomic mass is 10.0. The summed E-state index contributed by atoms with van der Waals surface area (Å²) in [7, 11) is -1.95. The molecule has 0 aromatic rings. The van der Waals surface area contributed by atoms with Crippen molar-refractivity contribution in [1.29, 1.82) is 0 Å². The van der Waals surface area contributed by atoms with E-state index in [4.69, 9.17) is 9.16 Å². The summed E-state index contributed by atoms with van der Waals surface area (Å²) in [5, 5.41) is 0.131. The molecule has 0 aliphatic rings. The van der Waals surface area contributed by atoms with Gasteiger partial charge in [0, 0.05) is 12.0 Å². The summed E-state index contributed by atoms with van der Waals surface area (Å²) in [4.78, 5) is 11.8. The molecule has 0 saturated carbocycles. The van der Waals surface area contributed by atoms with Crippen molar-refractivity contribution in [2.45, 2.75) is 124 Å². The Kier molecular flexibility index (Phi) is 15.9. The first-order chi connectivity index (χ1) is 14.9. The van der Waals surface area contributed by atoms with Gasteiger partial charge in [-0.2, -0.15) is 0 Å². The smallest absolute Gasteiger partial charge is 0.330 e. The van der Waals surface area contributed by atoms with Gasteiger partial charge >= 0.3 is 5.97 Å². The van der Waals surface area contributed by atoms with Crippen molar-refractivity contribution in [2.75, 3.05) is 6.61 Å². The van der Waals surface area contributed by atoms with Crippen molar-refractivity contribution in [3.63, 3.8) is 0 Å². The zero-order chi connectivity index (χ0) is 24.6. The van der Waals surface area contributed by atoms with Crippen LogP contribution in [0.5, 0.6) is 0 Å². The first-order valence-electron chi connectivity index (χ1n) is 12.8. The molecule has 4 heteroatoms. The number of esters is 1. The zero-order valence-corrected chi connectivity index (χ0v) is 23.6. The Hall–Kier alpha value is -1.13. The maximum absolute atomic E-state index is 11.8. The highest BCUT2D eigenvalue weighted by molar-refractivity contribution is 6.74. The molecule has 0 rings (SSSR count). The Morgan fingerprint density at radius 3 is 2.09 bits per heavy atom. The summed E-state index contributed by atoms with van der Waals surface area (Å²) in [5.41, 5.74) is 1.28. The van der Waals surface area contributed by atoms with E-state index in [1.807, 2.05) is 13.0 Å². The molecule has 0 radical (unpaired) electrons. The third kappa shape index (κ3) is 14.1. The normalized spacial score (nSPS) is 15.5. The van der Waals surface area contributed by atoms with Crippen LogP contribution < -0.4 is 0 Å². The molecule has 0 aromatic heterocycles. The van der Waals surface area contributed by atoms with Gasteiger partial charge in [-0.05, 0) is 44.8 Å². The molecule has 0 unspecified atom stereocenters. The van der Waals surface area contributed by atoms with Gasteiger partial charge in [0.1, 0.15) is 0 Å². The van der Waals surface area contributed by atoms with E-state index in [1.165, 1.54) is 56.6 Å². The molecule has 0 spiro atoms. The van der Waals surface area contributed by atoms with Gasteiger partial charge in [-0.3, -0.25) is 0 Å². The number of allylic oxidation sites excluding steroid dienone is 3. The van der Waals surface area contributed by atoms with Crippen LogP contribution in [0.15, 0.2) is 36.0 Å². The van der Waals surface area contributed by atoms with E-state index in [0.29, 0.717) is 6.61 Å². The second kappa shape index (κ2) is 16.5. The van der Waals surface area contributed by atoms with Crippen molar-refractivity contribution < 1.29 is 14.0 Å². The number of rotatable bonds is 16. The molecule has 0 heterocycles. The summed E-state index contributed by atoms with van der Waals surface area (Å²) in [6.45, 7) is 20.1. The zero-order valence-electron chi connectivity index (χ0n) is 22.6. The van der Waals surface area contributed by atoms with Gasteiger partial charge < -0.3 is 9.16 Å². The lowest BCUT2D eigenvalue weighted by Crippen LogP contribution is -2.44. The third-order valence-electron chi connectivity index (χ3n) is 6.40. The molecule has 0 aliphatic heterocycles. The molecule has 0 N–H and O–H groups in total. The average Bonchev–Trinajstić information content (AvgIpc) is 2.70. The molecule has 0 saturated heterocycles. The van der Waals surface area contributed by atoms with E-state index in [-0.39, 0.29) is 23.0 Å². The number of carbonyl (C=O) groups excluding carboxylic acids is 1. The van der Waals surface area contributed by atoms with Crippen LogP contribution >= 0.6 is 0 Å². The molecule has 186 valence electrons. The van der Waals surface area contributed by atoms with Crippen molar-refractivity contribution >= 4 is 14.3 Å². The third-order valence-corrected chi connectivity index (χ3v) is 10.9. The molecule has 0 bridgehead atoms. The summed E-state index contributed by atoms with van der Waals surface area (Å²) >= 11 is 0. The summed E-state index contributed by atoms with van der Waals surface area (Å²) in [6, 6.07) is 0. The van der Waals surface area contributed by atoms with Gasteiger partial charge in [-0.1, -0.05) is 103 Å². The highest BCUT2D eigenvalue weighted by Gasteiger charge is 2.39. The Morgan fingerprint density at radius 2 is 1.53 bits per heavy atom. The second-order valence-electron chi connectivity index (χ2n) is 10.5. The Labute approximate surface area is 200 Å². The predicted molar refractivity (Wildman–Crippen MR) is 143 cm³/mol. The van der Waals surface area contributed by atoms with Crippen LogP contribution in [-0.2, 0) is 14.0 Å². The standard InChI is InChI=1S/C28H52O3Si/c1-10-12-13-14-15-16-17-18-19-24(3)20-22-26(31-32(8,9)28(5,6)7)25(4)21-23-27(29)30-11-2/h19-23,25-26H,10-18H2,1-9H3/b22-20+,23-21+,24-19+/t25-,26-/m0/s1. The SMILES string of the molecule is CCCCCCCCC/C=C(C)/C=C/[C@H](O[Si](C)(C)C(C)(C)C)[C@@H](C)/C=C/C(=O)OCC. The fraction of sp³-hybridized carbons (Fsp3) is 0.750. The van der Waals surface area contributed by atoms with Crippen LogP contribution in [0.3, 0.4) is 0 Å². The van der Waals surface area contributed by atoms with Crippen molar-refractivity contribution in [3.05, 3.63) is 36.0 Å². The van der Waals surface area contributed by atoms with Crippen LogP contribution in [0.1, 0.15) is 99.8 Å². The molecule has 3 nitrogen and oxygen atoms in total. The molecule has 32 heavy (non-hydrogen) atoms. The fourth-order valence-electron chi connectivity index (χ4n) is 3.11. The second-order valence-corrected chi connectivity index (χ2v) is 15.3. The molecule has 2 atom stereocenters. The number of hydrogen-bond acceptors (Lipinski definition) is 3. The predicted octanol–water partition coefficient (Wildman–Crippen LogP) is 8.78. The van der Waals surface area contributed by atoms with Crippen molar-refractivity contribution in [3.8, 4) is 0 Å². The maximum Gasteiger partial charge on any atom is 0.330 e. The van der Waals surface area contributed by atoms with E-state index in [9.17, 15) is 4.79 Å². The highest BCUT2D eigenvalue weighted by Crippen LogP contribution is 2.38. The minimum Gasteiger partial charge on any atom is -0.463 e. The van der Waals surface area contributed by atoms with Gasteiger partial charge in [0.25, 0.3) is 0 Å². The fourth-order valence-corrected chi connectivity index (χ4v) is 4.44. The number of carbonyl (C=O) groups is 1. The number of ether oxygens (including phenoxy) is 1. The van der Waals surface area contributed by atoms with Gasteiger partial charge in [-0.15, -0.1) is 0 Å². The lowest BCUT2D eigenvalue weighted by Gasteiger charge is -2.39. The van der Waals surface area contributed by atoms with Crippen LogP contribution in [0.2, 0.25) is 18.1 Å². The van der Waals surface area contributed by atoms with Crippen LogP contribution in [0, 0.1) is 5.92 Å². The molecule has 0 fully saturated rings. The van der Waals surface area contributed by atoms with E-state index in [2.05, 4.69) is 72.9 Å². The minimum atomic E-state index is -1.95. The average molecular weight is 465 g/mol. The Balaban J connectivity index is 5.02. The largest absolute Gasteiger partial charge is 0.463 e. The first-order valence-corrected chi connectivity index (χ1v) is 15.7. The first kappa shape index (κ1) is 30.9. The van der Waals surface area contributed by atoms with E-state index >= 15 is 0 Å². The topological polar surface area (TPSA) is 35.5 Å². The molecule has 0 aliphatic carbocycles. The quantitative estimate of drug-likeness (QED) is 0.0752. The van der Waals surface area contributed by atoms with E-state index in [1.54, 1.807) is 0 Å². The Bertz CT molecular complexity index is 596. The molecular weight excluding hydrogens is 412 g/mol. The van der Waals surface area contributed by atoms with Gasteiger partial charge in [0.2, 0.25) is 0 Å². The van der Waals surface area contributed by atoms with Crippen LogP contribution in [-0.4, -0.2) is 27.0 Å². The van der Waals surface area contributed by atoms with Gasteiger partial charge in [-0.25, -0.2) is 4.79 Å². The van der Waals surface area contributed by atoms with Crippen LogP contribution in [0.25, 0.3) is 0 Å². The monoisotopic (exact) mass is 464 g/mol. The van der Waals surface area contributed by atoms with Crippen molar-refractivity contribution in [1.82, 2.24) is 0 Å². The van der Waals surface area contributed by atoms with E-state index in [0.717, 1.165) is 6.42 Å². The minimum absolute atomic E-state index is 0.0662. The number of hydrogen-bond donors (Lipinski definition) is 0. The lowest BCUT2D eigenvalue weighted by molar-refractivity contribution is -0.137. The van der Waals surface area contributed by atoms with Gasteiger partial charge in [0.05, 0.1) is 12.7 Å². The van der Waals surface area contributed by atoms with Gasteiger partial charge in [0.15, 0.2) is 8.32 Å². The molecular formula is C28H52O3Si. The summed E-state index contributed by atoms with van der Waals surface area (Å²) in [5.74, 6) is -0.208. The van der Waals surface area contributed by atoms with E-state index < -0.39 is 8.32 Å². The molecule has 0 amide bonds. The summed E-state index contributed by atoms with van der Waals surface area (Å²) < 4.78 is 11.7. The molecule has 0 aromatic carbocycles. The van der Waals surface area contributed by atoms with Crippen LogP contribution in [0.4, 0.5) is 0 Å². The summed E-state index contributed by atoms with van der Waals surface area (Å²) in [6.07, 6.45) is 20.6. The highest BCUT2D eigenvalue weighted by atomic mass is 28.4. The Morgan fingerprint density at radius 1 is 0.938 bits per heavy atom.